The number of methoxy groups -OCH3 is 1. The van der Waals surface area contributed by atoms with Gasteiger partial charge in [-0.3, -0.25) is 0 Å². The van der Waals surface area contributed by atoms with E-state index in [1.807, 2.05) is 26.0 Å². The summed E-state index contributed by atoms with van der Waals surface area (Å²) in [5.41, 5.74) is 2.31. The Balaban J connectivity index is 2.88. The van der Waals surface area contributed by atoms with E-state index in [1.54, 1.807) is 13.4 Å². The Morgan fingerprint density at radius 3 is 2.80 bits per heavy atom. The van der Waals surface area contributed by atoms with Crippen LogP contribution in [0.1, 0.15) is 18.1 Å². The van der Waals surface area contributed by atoms with Crippen LogP contribution in [0.15, 0.2) is 30.2 Å². The van der Waals surface area contributed by atoms with Gasteiger partial charge in [-0.15, -0.1) is 0 Å². The predicted octanol–water partition coefficient (Wildman–Crippen LogP) is 3.78. The third-order valence-electron chi connectivity index (χ3n) is 1.96. The zero-order valence-electron chi connectivity index (χ0n) is 9.21. The monoisotopic (exact) mass is 270 g/mol. The van der Waals surface area contributed by atoms with Crippen molar-refractivity contribution in [1.82, 2.24) is 0 Å². The van der Waals surface area contributed by atoms with Crippen LogP contribution in [0.25, 0.3) is 0 Å². The molecule has 1 aromatic rings. The van der Waals surface area contributed by atoms with Gasteiger partial charge in [0.05, 0.1) is 7.11 Å². The van der Waals surface area contributed by atoms with Crippen molar-refractivity contribution in [3.05, 3.63) is 41.3 Å². The number of benzene rings is 1. The molecular formula is C12H15BrO2. The van der Waals surface area contributed by atoms with Crippen LogP contribution in [0.5, 0.6) is 5.75 Å². The fourth-order valence-electron chi connectivity index (χ4n) is 1.20. The van der Waals surface area contributed by atoms with Crippen molar-refractivity contribution in [2.24, 2.45) is 0 Å². The van der Waals surface area contributed by atoms with Crippen molar-refractivity contribution in [3.8, 4) is 5.75 Å². The molecule has 0 saturated carbocycles. The topological polar surface area (TPSA) is 18.5 Å². The SMILES string of the molecule is CO/C=C(\C)Oc1cc(CBr)ccc1C. The molecule has 0 saturated heterocycles. The van der Waals surface area contributed by atoms with Crippen LogP contribution in [0.2, 0.25) is 0 Å². The van der Waals surface area contributed by atoms with Gasteiger partial charge in [-0.05, 0) is 31.0 Å². The Hall–Kier alpha value is -0.960. The van der Waals surface area contributed by atoms with Crippen LogP contribution in [-0.4, -0.2) is 7.11 Å². The molecule has 2 nitrogen and oxygen atoms in total. The second-order valence-electron chi connectivity index (χ2n) is 3.30. The molecule has 0 aromatic heterocycles. The van der Waals surface area contributed by atoms with E-state index in [0.717, 1.165) is 22.4 Å². The van der Waals surface area contributed by atoms with Crippen molar-refractivity contribution >= 4 is 15.9 Å². The summed E-state index contributed by atoms with van der Waals surface area (Å²) in [7, 11) is 1.61. The van der Waals surface area contributed by atoms with E-state index in [4.69, 9.17) is 9.47 Å². The van der Waals surface area contributed by atoms with E-state index in [9.17, 15) is 0 Å². The van der Waals surface area contributed by atoms with Gasteiger partial charge in [-0.2, -0.15) is 0 Å². The average Bonchev–Trinajstić information content (AvgIpc) is 2.21. The summed E-state index contributed by atoms with van der Waals surface area (Å²) in [4.78, 5) is 0. The first kappa shape index (κ1) is 12.1. The van der Waals surface area contributed by atoms with Crippen LogP contribution in [-0.2, 0) is 10.1 Å². The summed E-state index contributed by atoms with van der Waals surface area (Å²) < 4.78 is 10.5. The molecule has 0 aliphatic rings. The van der Waals surface area contributed by atoms with E-state index >= 15 is 0 Å². The van der Waals surface area contributed by atoms with E-state index in [0.29, 0.717) is 0 Å². The summed E-state index contributed by atoms with van der Waals surface area (Å²) >= 11 is 3.42. The van der Waals surface area contributed by atoms with Crippen molar-refractivity contribution in [2.45, 2.75) is 19.2 Å². The van der Waals surface area contributed by atoms with Crippen molar-refractivity contribution in [2.75, 3.05) is 7.11 Å². The molecule has 0 heterocycles. The molecule has 0 bridgehead atoms. The van der Waals surface area contributed by atoms with Crippen molar-refractivity contribution in [3.63, 3.8) is 0 Å². The van der Waals surface area contributed by atoms with Gasteiger partial charge in [0.25, 0.3) is 0 Å². The maximum atomic E-state index is 5.64. The van der Waals surface area contributed by atoms with Gasteiger partial charge in [0.1, 0.15) is 17.8 Å². The van der Waals surface area contributed by atoms with Gasteiger partial charge >= 0.3 is 0 Å². The Kier molecular flexibility index (Phi) is 4.69. The molecule has 82 valence electrons. The number of ether oxygens (including phenoxy) is 2. The number of alkyl halides is 1. The maximum absolute atomic E-state index is 5.64. The van der Waals surface area contributed by atoms with Crippen LogP contribution >= 0.6 is 15.9 Å². The number of rotatable bonds is 4. The minimum Gasteiger partial charge on any atom is -0.501 e. The first-order chi connectivity index (χ1) is 7.17. The zero-order chi connectivity index (χ0) is 11.3. The van der Waals surface area contributed by atoms with Gasteiger partial charge in [0, 0.05) is 5.33 Å². The molecule has 1 aromatic carbocycles. The number of aryl methyl sites for hydroxylation is 1. The Labute approximate surface area is 99.0 Å². The van der Waals surface area contributed by atoms with E-state index < -0.39 is 0 Å². The molecule has 0 aliphatic carbocycles. The van der Waals surface area contributed by atoms with Gasteiger partial charge in [0.2, 0.25) is 0 Å². The lowest BCUT2D eigenvalue weighted by molar-refractivity contribution is 0.304. The number of allylic oxidation sites excluding steroid dienone is 1. The molecule has 0 aliphatic heterocycles. The lowest BCUT2D eigenvalue weighted by atomic mass is 10.1. The Morgan fingerprint density at radius 2 is 2.20 bits per heavy atom. The predicted molar refractivity (Wildman–Crippen MR) is 65.2 cm³/mol. The molecule has 0 N–H and O–H groups in total. The molecule has 3 heteroatoms. The minimum atomic E-state index is 0.743. The highest BCUT2D eigenvalue weighted by atomic mass is 79.9. The first-order valence-corrected chi connectivity index (χ1v) is 5.82. The van der Waals surface area contributed by atoms with Gasteiger partial charge in [0.15, 0.2) is 0 Å². The summed E-state index contributed by atoms with van der Waals surface area (Å²) in [6.45, 7) is 3.89. The van der Waals surface area contributed by atoms with Crippen molar-refractivity contribution < 1.29 is 9.47 Å². The van der Waals surface area contributed by atoms with Gasteiger partial charge in [-0.25, -0.2) is 0 Å². The van der Waals surface area contributed by atoms with Crippen LogP contribution in [0, 0.1) is 6.92 Å². The second kappa shape index (κ2) is 5.81. The third-order valence-corrected chi connectivity index (χ3v) is 2.61. The summed E-state index contributed by atoms with van der Waals surface area (Å²) in [6.07, 6.45) is 1.58. The van der Waals surface area contributed by atoms with Gasteiger partial charge < -0.3 is 9.47 Å². The van der Waals surface area contributed by atoms with Crippen LogP contribution < -0.4 is 4.74 Å². The van der Waals surface area contributed by atoms with E-state index in [1.165, 1.54) is 5.56 Å². The molecule has 1 rings (SSSR count). The number of hydrogen-bond acceptors (Lipinski definition) is 2. The lowest BCUT2D eigenvalue weighted by Crippen LogP contribution is -1.94. The number of hydrogen-bond donors (Lipinski definition) is 0. The molecule has 0 fully saturated rings. The summed E-state index contributed by atoms with van der Waals surface area (Å²) in [5, 5.41) is 0.830. The quantitative estimate of drug-likeness (QED) is 0.613. The van der Waals surface area contributed by atoms with E-state index in [-0.39, 0.29) is 0 Å². The Bertz CT molecular complexity index is 359. The summed E-state index contributed by atoms with van der Waals surface area (Å²) in [6, 6.07) is 6.15. The van der Waals surface area contributed by atoms with Crippen molar-refractivity contribution in [1.29, 1.82) is 0 Å². The molecular weight excluding hydrogens is 256 g/mol. The second-order valence-corrected chi connectivity index (χ2v) is 3.86. The molecule has 15 heavy (non-hydrogen) atoms. The first-order valence-electron chi connectivity index (χ1n) is 4.70. The third kappa shape index (κ3) is 3.59. The lowest BCUT2D eigenvalue weighted by Gasteiger charge is -2.09. The fourth-order valence-corrected chi connectivity index (χ4v) is 1.55. The molecule has 0 atom stereocenters. The van der Waals surface area contributed by atoms with Gasteiger partial charge in [-0.1, -0.05) is 28.1 Å². The largest absolute Gasteiger partial charge is 0.501 e. The molecule has 0 unspecified atom stereocenters. The highest BCUT2D eigenvalue weighted by Gasteiger charge is 2.02. The zero-order valence-corrected chi connectivity index (χ0v) is 10.8. The molecule has 0 amide bonds. The van der Waals surface area contributed by atoms with Crippen LogP contribution in [0.4, 0.5) is 0 Å². The smallest absolute Gasteiger partial charge is 0.135 e. The van der Waals surface area contributed by atoms with Crippen LogP contribution in [0.3, 0.4) is 0 Å². The normalized spacial score (nSPS) is 11.3. The maximum Gasteiger partial charge on any atom is 0.135 e. The molecule has 0 radical (unpaired) electrons. The Morgan fingerprint density at radius 1 is 1.47 bits per heavy atom. The molecule has 0 spiro atoms. The minimum absolute atomic E-state index is 0.743. The summed E-state index contributed by atoms with van der Waals surface area (Å²) in [5.74, 6) is 1.62. The van der Waals surface area contributed by atoms with E-state index in [2.05, 4.69) is 22.0 Å². The fraction of sp³-hybridized carbons (Fsp3) is 0.333. The highest BCUT2D eigenvalue weighted by molar-refractivity contribution is 9.08. The average molecular weight is 271 g/mol. The highest BCUT2D eigenvalue weighted by Crippen LogP contribution is 2.22. The standard InChI is InChI=1S/C12H15BrO2/c1-9-4-5-11(7-13)6-12(9)15-10(2)8-14-3/h4-6,8H,7H2,1-3H3/b10-8+. The number of halogens is 1.